The lowest BCUT2D eigenvalue weighted by Crippen LogP contribution is -2.53. The summed E-state index contributed by atoms with van der Waals surface area (Å²) in [6.07, 6.45) is 9.41. The largest absolute Gasteiger partial charge is 0.461 e. The van der Waals surface area contributed by atoms with E-state index in [4.69, 9.17) is 21.3 Å². The molecule has 7 rings (SSSR count). The lowest BCUT2D eigenvalue weighted by Gasteiger charge is -2.40. The van der Waals surface area contributed by atoms with E-state index < -0.39 is 11.6 Å². The summed E-state index contributed by atoms with van der Waals surface area (Å²) in [6, 6.07) is 8.27. The van der Waals surface area contributed by atoms with Crippen LogP contribution in [0.3, 0.4) is 0 Å². The second-order valence-corrected chi connectivity index (χ2v) is 14.0. The first-order valence-corrected chi connectivity index (χ1v) is 16.9. The predicted molar refractivity (Wildman–Crippen MR) is 185 cm³/mol. The van der Waals surface area contributed by atoms with Crippen LogP contribution in [-0.4, -0.2) is 108 Å². The summed E-state index contributed by atoms with van der Waals surface area (Å²) in [4.78, 5) is 34.8. The van der Waals surface area contributed by atoms with Crippen LogP contribution < -0.4 is 9.64 Å². The Morgan fingerprint density at radius 2 is 1.88 bits per heavy atom. The van der Waals surface area contributed by atoms with E-state index in [-0.39, 0.29) is 39.6 Å². The third-order valence-electron chi connectivity index (χ3n) is 10.0. The number of aromatic nitrogens is 3. The maximum absolute atomic E-state index is 16.7. The van der Waals surface area contributed by atoms with Gasteiger partial charge in [-0.1, -0.05) is 41.9 Å². The summed E-state index contributed by atoms with van der Waals surface area (Å²) >= 11 is 6.41. The van der Waals surface area contributed by atoms with Crippen LogP contribution in [0, 0.1) is 17.6 Å². The van der Waals surface area contributed by atoms with E-state index in [1.807, 2.05) is 41.9 Å². The number of carbonyl (C=O) groups is 1. The first-order valence-electron chi connectivity index (χ1n) is 16.6. The molecule has 2 aromatic carbocycles. The van der Waals surface area contributed by atoms with Gasteiger partial charge in [0.2, 0.25) is 5.91 Å². The van der Waals surface area contributed by atoms with Gasteiger partial charge in [0.1, 0.15) is 29.5 Å². The van der Waals surface area contributed by atoms with E-state index in [9.17, 15) is 9.18 Å². The van der Waals surface area contributed by atoms with Crippen molar-refractivity contribution in [2.24, 2.45) is 5.92 Å². The number of fused-ring (bicyclic) bond motifs is 3. The third-order valence-corrected chi connectivity index (χ3v) is 10.4. The molecule has 0 bridgehead atoms. The number of ether oxygens (including phenoxy) is 1. The van der Waals surface area contributed by atoms with Gasteiger partial charge in [-0.2, -0.15) is 9.97 Å². The summed E-state index contributed by atoms with van der Waals surface area (Å²) in [6.45, 7) is 5.08. The van der Waals surface area contributed by atoms with Crippen LogP contribution in [0.4, 0.5) is 14.6 Å². The number of benzene rings is 2. The summed E-state index contributed by atoms with van der Waals surface area (Å²) in [5.41, 5.74) is 0.419. The Bertz CT molecular complexity index is 1890. The van der Waals surface area contributed by atoms with Gasteiger partial charge >= 0.3 is 6.01 Å². The smallest absolute Gasteiger partial charge is 0.319 e. The maximum atomic E-state index is 16.7. The predicted octanol–water partition coefficient (Wildman–Crippen LogP) is 5.80. The van der Waals surface area contributed by atoms with E-state index in [1.54, 1.807) is 36.5 Å². The number of likely N-dealkylation sites (N-methyl/N-ethyl adjacent to an activating group) is 1. The number of carbonyl (C=O) groups excluding carboxylic acids is 1. The quantitative estimate of drug-likeness (QED) is 0.196. The number of hydrogen-bond acceptors (Lipinski definition) is 8. The van der Waals surface area contributed by atoms with Gasteiger partial charge in [0.15, 0.2) is 5.82 Å². The minimum Gasteiger partial charge on any atom is -0.461 e. The fraction of sp³-hybridized carbons (Fsp3) is 0.444. The van der Waals surface area contributed by atoms with Gasteiger partial charge in [-0.3, -0.25) is 14.7 Å². The third kappa shape index (κ3) is 6.08. The SMILES string of the molecule is CN(C)C/C=C/C(=O)N1CC(CN(C)c2nc(OCC34CCCN3CCC4)nc3c(F)c(-c4cccc5ccc(F)c(Cl)c45)ncc23)C1. The number of pyridine rings is 1. The molecular formula is C36H40ClF2N7O2. The second kappa shape index (κ2) is 13.2. The van der Waals surface area contributed by atoms with Crippen LogP contribution in [-0.2, 0) is 4.79 Å². The lowest BCUT2D eigenvalue weighted by atomic mass is 9.95. The average Bonchev–Trinajstić information content (AvgIpc) is 3.63. The molecule has 252 valence electrons. The molecule has 0 N–H and O–H groups in total. The second-order valence-electron chi connectivity index (χ2n) is 13.6. The van der Waals surface area contributed by atoms with Crippen LogP contribution >= 0.6 is 11.6 Å². The van der Waals surface area contributed by atoms with Crippen LogP contribution in [0.2, 0.25) is 5.02 Å². The number of anilines is 1. The summed E-state index contributed by atoms with van der Waals surface area (Å²) < 4.78 is 37.6. The maximum Gasteiger partial charge on any atom is 0.319 e. The van der Waals surface area contributed by atoms with Gasteiger partial charge in [-0.05, 0) is 64.3 Å². The van der Waals surface area contributed by atoms with E-state index in [0.717, 1.165) is 38.8 Å². The molecule has 3 saturated heterocycles. The van der Waals surface area contributed by atoms with E-state index in [2.05, 4.69) is 14.9 Å². The Kier molecular flexibility index (Phi) is 8.95. The lowest BCUT2D eigenvalue weighted by molar-refractivity contribution is -0.131. The van der Waals surface area contributed by atoms with Crippen LogP contribution in [0.25, 0.3) is 32.9 Å². The highest BCUT2D eigenvalue weighted by Crippen LogP contribution is 2.40. The highest BCUT2D eigenvalue weighted by atomic mass is 35.5. The van der Waals surface area contributed by atoms with Gasteiger partial charge in [-0.25, -0.2) is 8.78 Å². The van der Waals surface area contributed by atoms with Crippen LogP contribution in [0.5, 0.6) is 6.01 Å². The van der Waals surface area contributed by atoms with Crippen molar-refractivity contribution in [1.82, 2.24) is 29.7 Å². The first kappa shape index (κ1) is 32.6. The molecule has 0 radical (unpaired) electrons. The zero-order valence-electron chi connectivity index (χ0n) is 27.6. The molecule has 0 unspecified atom stereocenters. The molecule has 3 aliphatic rings. The van der Waals surface area contributed by atoms with Gasteiger partial charge in [0, 0.05) is 62.4 Å². The average molecular weight is 676 g/mol. The molecule has 5 heterocycles. The Balaban J connectivity index is 1.21. The molecule has 12 heteroatoms. The Morgan fingerprint density at radius 3 is 2.62 bits per heavy atom. The van der Waals surface area contributed by atoms with Crippen LogP contribution in [0.1, 0.15) is 25.7 Å². The Labute approximate surface area is 284 Å². The summed E-state index contributed by atoms with van der Waals surface area (Å²) in [7, 11) is 5.82. The number of likely N-dealkylation sites (tertiary alicyclic amines) is 1. The molecule has 3 aliphatic heterocycles. The number of hydrogen-bond donors (Lipinski definition) is 0. The molecule has 1 amide bonds. The van der Waals surface area contributed by atoms with Crippen molar-refractivity contribution in [2.45, 2.75) is 31.2 Å². The molecule has 48 heavy (non-hydrogen) atoms. The number of nitrogens with zero attached hydrogens (tertiary/aromatic N) is 7. The molecular weight excluding hydrogens is 636 g/mol. The molecule has 2 aromatic heterocycles. The van der Waals surface area contributed by atoms with Crippen LogP contribution in [0.15, 0.2) is 48.7 Å². The first-order chi connectivity index (χ1) is 23.1. The number of rotatable bonds is 10. The fourth-order valence-corrected chi connectivity index (χ4v) is 7.81. The van der Waals surface area contributed by atoms with Crippen molar-refractivity contribution in [2.75, 3.05) is 71.9 Å². The highest BCUT2D eigenvalue weighted by molar-refractivity contribution is 6.36. The van der Waals surface area contributed by atoms with Crippen molar-refractivity contribution in [3.05, 3.63) is 65.3 Å². The monoisotopic (exact) mass is 675 g/mol. The minimum absolute atomic E-state index is 0.00149. The van der Waals surface area contributed by atoms with Crippen molar-refractivity contribution in [3.8, 4) is 17.3 Å². The Hall–Kier alpha value is -3.93. The molecule has 0 aliphatic carbocycles. The van der Waals surface area contributed by atoms with Gasteiger partial charge in [-0.15, -0.1) is 0 Å². The van der Waals surface area contributed by atoms with Gasteiger partial charge in [0.05, 0.1) is 15.9 Å². The minimum atomic E-state index is -0.659. The molecule has 9 nitrogen and oxygen atoms in total. The van der Waals surface area contributed by atoms with Gasteiger partial charge in [0.25, 0.3) is 0 Å². The molecule has 0 atom stereocenters. The van der Waals surface area contributed by atoms with E-state index >= 15 is 4.39 Å². The molecule has 0 spiro atoms. The van der Waals surface area contributed by atoms with Crippen molar-refractivity contribution >= 4 is 45.0 Å². The standard InChI is InChI=1S/C36H40ClF2N7O2/c1-43(2)15-5-10-28(47)45-20-23(21-45)19-44(3)34-26-18-40-32(25-9-4-8-24-11-12-27(38)30(37)29(24)25)31(39)33(26)41-35(42-34)48-22-36-13-6-16-46(36)17-7-14-36/h4-5,8-12,18,23H,6-7,13-17,19-22H2,1-3H3/b10-5+. The van der Waals surface area contributed by atoms with Crippen molar-refractivity contribution in [1.29, 1.82) is 0 Å². The molecule has 4 aromatic rings. The van der Waals surface area contributed by atoms with Crippen molar-refractivity contribution in [3.63, 3.8) is 0 Å². The molecule has 0 saturated carbocycles. The Morgan fingerprint density at radius 1 is 1.10 bits per heavy atom. The zero-order chi connectivity index (χ0) is 33.6. The summed E-state index contributed by atoms with van der Waals surface area (Å²) in [5.74, 6) is -0.539. The fourth-order valence-electron chi connectivity index (χ4n) is 7.54. The topological polar surface area (TPSA) is 77.9 Å². The number of amides is 1. The normalized spacial score (nSPS) is 17.9. The van der Waals surface area contributed by atoms with Crippen molar-refractivity contribution < 1.29 is 18.3 Å². The summed E-state index contributed by atoms with van der Waals surface area (Å²) in [5, 5.41) is 1.40. The number of halogens is 3. The molecule has 3 fully saturated rings. The van der Waals surface area contributed by atoms with E-state index in [0.29, 0.717) is 60.3 Å². The highest BCUT2D eigenvalue weighted by Gasteiger charge is 2.45. The van der Waals surface area contributed by atoms with E-state index in [1.165, 1.54) is 6.07 Å². The zero-order valence-corrected chi connectivity index (χ0v) is 28.3. The van der Waals surface area contributed by atoms with Gasteiger partial charge < -0.3 is 19.4 Å².